The van der Waals surface area contributed by atoms with E-state index in [4.69, 9.17) is 9.72 Å². The van der Waals surface area contributed by atoms with Crippen LogP contribution in [-0.4, -0.2) is 40.4 Å². The largest absolute Gasteiger partial charge is 0.494 e. The van der Waals surface area contributed by atoms with Crippen molar-refractivity contribution in [1.29, 1.82) is 0 Å². The Labute approximate surface area is 207 Å². The average molecular weight is 494 g/mol. The van der Waals surface area contributed by atoms with Gasteiger partial charge in [-0.2, -0.15) is 10.1 Å². The monoisotopic (exact) mass is 493 g/mol. The van der Waals surface area contributed by atoms with E-state index in [0.29, 0.717) is 25.4 Å². The van der Waals surface area contributed by atoms with Gasteiger partial charge in [0.15, 0.2) is 10.8 Å². The molecule has 1 fully saturated rings. The number of piperidine rings is 1. The second-order valence-corrected chi connectivity index (χ2v) is 9.68. The summed E-state index contributed by atoms with van der Waals surface area (Å²) in [5.41, 5.74) is 3.26. The summed E-state index contributed by atoms with van der Waals surface area (Å²) in [4.78, 5) is 20.0. The number of hydrogen-bond donors (Lipinski definition) is 1. The molecule has 0 radical (unpaired) electrons. The first-order chi connectivity index (χ1) is 17.0. The Morgan fingerprint density at radius 2 is 2.09 bits per heavy atom. The Balaban J connectivity index is 1.27. The number of nitrogens with one attached hydrogen (secondary N) is 1. The first-order valence-corrected chi connectivity index (χ1v) is 12.7. The molecule has 1 amide bonds. The Bertz CT molecular complexity index is 1330. The number of anilines is 1. The van der Waals surface area contributed by atoms with Gasteiger partial charge in [-0.1, -0.05) is 29.5 Å². The molecule has 1 aliphatic heterocycles. The van der Waals surface area contributed by atoms with Crippen LogP contribution in [-0.2, 0) is 11.3 Å². The fourth-order valence-electron chi connectivity index (χ4n) is 4.41. The molecule has 182 valence electrons. The van der Waals surface area contributed by atoms with Crippen LogP contribution in [0.5, 0.6) is 5.75 Å². The Morgan fingerprint density at radius 1 is 1.26 bits per heavy atom. The van der Waals surface area contributed by atoms with Crippen LogP contribution in [0.2, 0.25) is 0 Å². The van der Waals surface area contributed by atoms with Crippen molar-refractivity contribution < 1.29 is 13.9 Å². The van der Waals surface area contributed by atoms with Gasteiger partial charge in [0.05, 0.1) is 28.6 Å². The van der Waals surface area contributed by atoms with E-state index >= 15 is 0 Å². The SMILES string of the molecule is CCOc1ccc(CNC(=O)[C@@H]2CCCN(c3nc4c(s3)c(C)nn4-c3cccc(F)c3)C2)cc1. The maximum atomic E-state index is 13.8. The number of rotatable bonds is 7. The number of hydrogen-bond acceptors (Lipinski definition) is 6. The summed E-state index contributed by atoms with van der Waals surface area (Å²) in [5, 5.41) is 8.52. The van der Waals surface area contributed by atoms with Gasteiger partial charge in [0.2, 0.25) is 5.91 Å². The van der Waals surface area contributed by atoms with Crippen LogP contribution >= 0.6 is 11.3 Å². The van der Waals surface area contributed by atoms with Gasteiger partial charge in [-0.3, -0.25) is 4.79 Å². The van der Waals surface area contributed by atoms with Crippen LogP contribution in [0.4, 0.5) is 9.52 Å². The Kier molecular flexibility index (Phi) is 6.68. The third kappa shape index (κ3) is 5.00. The molecule has 4 aromatic rings. The van der Waals surface area contributed by atoms with Crippen molar-refractivity contribution in [3.63, 3.8) is 0 Å². The number of amides is 1. The second kappa shape index (κ2) is 10.0. The molecular formula is C26H28FN5O2S. The maximum absolute atomic E-state index is 13.8. The van der Waals surface area contributed by atoms with Crippen molar-refractivity contribution in [2.45, 2.75) is 33.2 Å². The topological polar surface area (TPSA) is 72.3 Å². The summed E-state index contributed by atoms with van der Waals surface area (Å²) in [5.74, 6) is 0.484. The van der Waals surface area contributed by atoms with Crippen molar-refractivity contribution in [1.82, 2.24) is 20.1 Å². The number of benzene rings is 2. The van der Waals surface area contributed by atoms with Crippen molar-refractivity contribution in [3.8, 4) is 11.4 Å². The smallest absolute Gasteiger partial charge is 0.225 e. The number of halogens is 1. The molecule has 7 nitrogen and oxygen atoms in total. The van der Waals surface area contributed by atoms with E-state index in [9.17, 15) is 9.18 Å². The number of fused-ring (bicyclic) bond motifs is 1. The minimum atomic E-state index is -0.311. The number of aromatic nitrogens is 3. The number of ether oxygens (including phenoxy) is 1. The molecule has 0 bridgehead atoms. The lowest BCUT2D eigenvalue weighted by Crippen LogP contribution is -2.43. The summed E-state index contributed by atoms with van der Waals surface area (Å²) in [6.07, 6.45) is 1.78. The number of aryl methyl sites for hydroxylation is 1. The predicted octanol–water partition coefficient (Wildman–Crippen LogP) is 4.86. The first kappa shape index (κ1) is 23.3. The molecule has 2 aromatic carbocycles. The highest BCUT2D eigenvalue weighted by Crippen LogP contribution is 2.34. The molecule has 9 heteroatoms. The molecule has 0 saturated carbocycles. The highest BCUT2D eigenvalue weighted by Gasteiger charge is 2.28. The molecule has 1 saturated heterocycles. The van der Waals surface area contributed by atoms with E-state index in [1.807, 2.05) is 44.2 Å². The summed E-state index contributed by atoms with van der Waals surface area (Å²) < 4.78 is 21.9. The van der Waals surface area contributed by atoms with Crippen molar-refractivity contribution in [3.05, 3.63) is 65.6 Å². The van der Waals surface area contributed by atoms with Gasteiger partial charge < -0.3 is 15.0 Å². The van der Waals surface area contributed by atoms with Gasteiger partial charge >= 0.3 is 0 Å². The molecule has 2 aromatic heterocycles. The first-order valence-electron chi connectivity index (χ1n) is 11.9. The van der Waals surface area contributed by atoms with E-state index in [1.54, 1.807) is 22.1 Å². The lowest BCUT2D eigenvalue weighted by molar-refractivity contribution is -0.125. The highest BCUT2D eigenvalue weighted by atomic mass is 32.1. The zero-order valence-corrected chi connectivity index (χ0v) is 20.6. The minimum absolute atomic E-state index is 0.0619. The fourth-order valence-corrected chi connectivity index (χ4v) is 5.44. The highest BCUT2D eigenvalue weighted by molar-refractivity contribution is 7.22. The van der Waals surface area contributed by atoms with Gasteiger partial charge in [-0.05, 0) is 62.6 Å². The van der Waals surface area contributed by atoms with Gasteiger partial charge in [0, 0.05) is 19.6 Å². The fraction of sp³-hybridized carbons (Fsp3) is 0.346. The van der Waals surface area contributed by atoms with E-state index in [1.165, 1.54) is 12.1 Å². The molecule has 1 N–H and O–H groups in total. The quantitative estimate of drug-likeness (QED) is 0.398. The summed E-state index contributed by atoms with van der Waals surface area (Å²) in [6, 6.07) is 14.2. The molecule has 0 unspecified atom stereocenters. The lowest BCUT2D eigenvalue weighted by atomic mass is 9.97. The molecule has 0 aliphatic carbocycles. The van der Waals surface area contributed by atoms with Gasteiger partial charge in [-0.25, -0.2) is 9.07 Å². The average Bonchev–Trinajstić information content (AvgIpc) is 3.44. The minimum Gasteiger partial charge on any atom is -0.494 e. The molecule has 3 heterocycles. The zero-order chi connectivity index (χ0) is 24.4. The Morgan fingerprint density at radius 3 is 2.86 bits per heavy atom. The van der Waals surface area contributed by atoms with E-state index in [2.05, 4.69) is 15.3 Å². The summed E-state index contributed by atoms with van der Waals surface area (Å²) in [6.45, 7) is 6.49. The van der Waals surface area contributed by atoms with Crippen LogP contribution in [0.1, 0.15) is 31.0 Å². The molecule has 1 atom stereocenters. The number of carbonyl (C=O) groups is 1. The van der Waals surface area contributed by atoms with Crippen LogP contribution in [0, 0.1) is 18.7 Å². The van der Waals surface area contributed by atoms with E-state index in [0.717, 1.165) is 51.9 Å². The van der Waals surface area contributed by atoms with Crippen LogP contribution in [0.25, 0.3) is 16.0 Å². The van der Waals surface area contributed by atoms with Gasteiger partial charge in [0.25, 0.3) is 0 Å². The van der Waals surface area contributed by atoms with Crippen LogP contribution in [0.15, 0.2) is 48.5 Å². The predicted molar refractivity (Wildman–Crippen MR) is 136 cm³/mol. The summed E-state index contributed by atoms with van der Waals surface area (Å²) >= 11 is 1.57. The molecule has 1 aliphatic rings. The second-order valence-electron chi connectivity index (χ2n) is 8.71. The third-order valence-corrected chi connectivity index (χ3v) is 7.41. The number of carbonyl (C=O) groups excluding carboxylic acids is 1. The number of nitrogens with zero attached hydrogens (tertiary/aromatic N) is 4. The van der Waals surface area contributed by atoms with Crippen LogP contribution in [0.3, 0.4) is 0 Å². The summed E-state index contributed by atoms with van der Waals surface area (Å²) in [7, 11) is 0. The maximum Gasteiger partial charge on any atom is 0.225 e. The van der Waals surface area contributed by atoms with Crippen molar-refractivity contribution in [2.24, 2.45) is 5.92 Å². The lowest BCUT2D eigenvalue weighted by Gasteiger charge is -2.31. The molecular weight excluding hydrogens is 465 g/mol. The van der Waals surface area contributed by atoms with Gasteiger partial charge in [0.1, 0.15) is 11.6 Å². The Hall–Kier alpha value is -3.46. The standard InChI is InChI=1S/C26H28FN5O2S/c1-3-34-22-11-9-18(10-12-22)15-28-25(33)19-6-5-13-31(16-19)26-29-24-23(35-26)17(2)30-32(24)21-8-4-7-20(27)14-21/h4,7-12,14,19H,3,5-6,13,15-16H2,1-2H3,(H,28,33)/t19-/m1/s1. The third-order valence-electron chi connectivity index (χ3n) is 6.19. The number of thiazole rings is 1. The molecule has 0 spiro atoms. The van der Waals surface area contributed by atoms with E-state index in [-0.39, 0.29) is 17.6 Å². The molecule has 35 heavy (non-hydrogen) atoms. The van der Waals surface area contributed by atoms with E-state index < -0.39 is 0 Å². The van der Waals surface area contributed by atoms with Crippen molar-refractivity contribution >= 4 is 32.7 Å². The van der Waals surface area contributed by atoms with Gasteiger partial charge in [-0.15, -0.1) is 0 Å². The zero-order valence-electron chi connectivity index (χ0n) is 19.8. The van der Waals surface area contributed by atoms with Crippen LogP contribution < -0.4 is 15.0 Å². The normalized spacial score (nSPS) is 16.0. The molecule has 5 rings (SSSR count). The van der Waals surface area contributed by atoms with Crippen molar-refractivity contribution in [2.75, 3.05) is 24.6 Å².